The van der Waals surface area contributed by atoms with E-state index < -0.39 is 0 Å². The van der Waals surface area contributed by atoms with Gasteiger partial charge in [-0.2, -0.15) is 0 Å². The van der Waals surface area contributed by atoms with Crippen LogP contribution in [0, 0.1) is 6.92 Å². The van der Waals surface area contributed by atoms with Crippen molar-refractivity contribution in [2.75, 3.05) is 0 Å². The molecule has 3 rings (SSSR count). The fourth-order valence-corrected chi connectivity index (χ4v) is 3.20. The molecule has 0 aliphatic carbocycles. The molecular formula is C18H15BrClN. The third-order valence-electron chi connectivity index (χ3n) is 3.80. The molecule has 3 aromatic carbocycles. The molecule has 0 bridgehead atoms. The predicted molar refractivity (Wildman–Crippen MR) is 93.9 cm³/mol. The van der Waals surface area contributed by atoms with Crippen LogP contribution in [0.2, 0.25) is 5.02 Å². The van der Waals surface area contributed by atoms with Crippen molar-refractivity contribution in [3.05, 3.63) is 80.8 Å². The van der Waals surface area contributed by atoms with Gasteiger partial charge in [-0.15, -0.1) is 0 Å². The van der Waals surface area contributed by atoms with Crippen molar-refractivity contribution in [1.82, 2.24) is 0 Å². The van der Waals surface area contributed by atoms with E-state index in [4.69, 9.17) is 17.3 Å². The Kier molecular flexibility index (Phi) is 4.03. The lowest BCUT2D eigenvalue weighted by atomic mass is 9.91. The molecule has 0 fully saturated rings. The molecule has 21 heavy (non-hydrogen) atoms. The van der Waals surface area contributed by atoms with Crippen LogP contribution in [0.15, 0.2) is 59.1 Å². The van der Waals surface area contributed by atoms with Crippen molar-refractivity contribution >= 4 is 38.3 Å². The van der Waals surface area contributed by atoms with Gasteiger partial charge in [0.1, 0.15) is 0 Å². The van der Waals surface area contributed by atoms with Crippen LogP contribution in [0.1, 0.15) is 22.7 Å². The van der Waals surface area contributed by atoms with Crippen molar-refractivity contribution in [3.63, 3.8) is 0 Å². The summed E-state index contributed by atoms with van der Waals surface area (Å²) in [5.41, 5.74) is 9.96. The van der Waals surface area contributed by atoms with Crippen molar-refractivity contribution in [2.24, 2.45) is 5.73 Å². The van der Waals surface area contributed by atoms with Crippen LogP contribution in [0.5, 0.6) is 0 Å². The molecule has 2 N–H and O–H groups in total. The van der Waals surface area contributed by atoms with Crippen LogP contribution >= 0.6 is 27.5 Å². The van der Waals surface area contributed by atoms with Gasteiger partial charge in [0.15, 0.2) is 0 Å². The summed E-state index contributed by atoms with van der Waals surface area (Å²) in [6.45, 7) is 2.10. The van der Waals surface area contributed by atoms with E-state index in [0.717, 1.165) is 10.0 Å². The first-order chi connectivity index (χ1) is 10.1. The quantitative estimate of drug-likeness (QED) is 0.631. The van der Waals surface area contributed by atoms with Crippen molar-refractivity contribution < 1.29 is 0 Å². The van der Waals surface area contributed by atoms with Gasteiger partial charge in [-0.25, -0.2) is 0 Å². The highest BCUT2D eigenvalue weighted by molar-refractivity contribution is 9.10. The molecule has 106 valence electrons. The van der Waals surface area contributed by atoms with Crippen LogP contribution in [0.25, 0.3) is 10.8 Å². The van der Waals surface area contributed by atoms with Crippen LogP contribution in [0.4, 0.5) is 0 Å². The Morgan fingerprint density at radius 1 is 1.05 bits per heavy atom. The summed E-state index contributed by atoms with van der Waals surface area (Å²) in [5, 5.41) is 3.11. The lowest BCUT2D eigenvalue weighted by molar-refractivity contribution is 0.870. The van der Waals surface area contributed by atoms with Crippen LogP contribution < -0.4 is 5.73 Å². The Bertz CT molecular complexity index is 813. The maximum atomic E-state index is 6.54. The molecule has 0 amide bonds. The number of benzene rings is 3. The number of aryl methyl sites for hydroxylation is 1. The standard InChI is InChI=1S/C18H15BrClN/c1-11-6-7-12-4-2-3-5-14(12)17(11)18(21)13-8-9-16(20)15(19)10-13/h2-10,18H,21H2,1H3. The normalized spacial score (nSPS) is 12.6. The van der Waals surface area contributed by atoms with Gasteiger partial charge in [0.05, 0.1) is 11.1 Å². The van der Waals surface area contributed by atoms with Crippen molar-refractivity contribution in [2.45, 2.75) is 13.0 Å². The van der Waals surface area contributed by atoms with E-state index in [9.17, 15) is 0 Å². The summed E-state index contributed by atoms with van der Waals surface area (Å²) in [7, 11) is 0. The Hall–Kier alpha value is -1.35. The topological polar surface area (TPSA) is 26.0 Å². The number of rotatable bonds is 2. The molecule has 0 saturated carbocycles. The van der Waals surface area contributed by atoms with Gasteiger partial charge < -0.3 is 5.73 Å². The summed E-state index contributed by atoms with van der Waals surface area (Å²) in [4.78, 5) is 0. The number of halogens is 2. The van der Waals surface area contributed by atoms with Gasteiger partial charge in [-0.1, -0.05) is 54.1 Å². The molecule has 0 heterocycles. The largest absolute Gasteiger partial charge is 0.320 e. The first-order valence-corrected chi connectivity index (χ1v) is 7.94. The molecule has 3 heteroatoms. The van der Waals surface area contributed by atoms with E-state index in [2.05, 4.69) is 53.2 Å². The molecule has 1 atom stereocenters. The van der Waals surface area contributed by atoms with Crippen LogP contribution in [-0.4, -0.2) is 0 Å². The monoisotopic (exact) mass is 359 g/mol. The molecule has 1 nitrogen and oxygen atoms in total. The second-order valence-corrected chi connectivity index (χ2v) is 6.43. The van der Waals surface area contributed by atoms with Crippen LogP contribution in [0.3, 0.4) is 0 Å². The summed E-state index contributed by atoms with van der Waals surface area (Å²) < 4.78 is 0.870. The Morgan fingerprint density at radius 3 is 2.57 bits per heavy atom. The average Bonchev–Trinajstić information content (AvgIpc) is 2.49. The molecule has 0 aliphatic heterocycles. The second-order valence-electron chi connectivity index (χ2n) is 5.17. The Balaban J connectivity index is 2.19. The molecule has 0 aliphatic rings. The second kappa shape index (κ2) is 5.80. The minimum absolute atomic E-state index is 0.176. The number of hydrogen-bond acceptors (Lipinski definition) is 1. The lowest BCUT2D eigenvalue weighted by Crippen LogP contribution is -2.14. The third kappa shape index (κ3) is 2.71. The molecular weight excluding hydrogens is 346 g/mol. The van der Waals surface area contributed by atoms with Gasteiger partial charge in [0.2, 0.25) is 0 Å². The highest BCUT2D eigenvalue weighted by Gasteiger charge is 2.15. The summed E-state index contributed by atoms with van der Waals surface area (Å²) in [6.07, 6.45) is 0. The average molecular weight is 361 g/mol. The molecule has 0 spiro atoms. The highest BCUT2D eigenvalue weighted by Crippen LogP contribution is 2.33. The zero-order chi connectivity index (χ0) is 15.0. The Labute approximate surface area is 137 Å². The molecule has 1 unspecified atom stereocenters. The molecule has 0 aromatic heterocycles. The maximum absolute atomic E-state index is 6.54. The minimum atomic E-state index is -0.176. The smallest absolute Gasteiger partial charge is 0.0560 e. The van der Waals surface area contributed by atoms with Gasteiger partial charge in [0.25, 0.3) is 0 Å². The Morgan fingerprint density at radius 2 is 1.81 bits per heavy atom. The fourth-order valence-electron chi connectivity index (χ4n) is 2.69. The summed E-state index contributed by atoms with van der Waals surface area (Å²) >= 11 is 9.54. The zero-order valence-electron chi connectivity index (χ0n) is 11.6. The first kappa shape index (κ1) is 14.6. The molecule has 0 radical (unpaired) electrons. The predicted octanol–water partition coefficient (Wildman–Crippen LogP) is 5.61. The van der Waals surface area contributed by atoms with Gasteiger partial charge >= 0.3 is 0 Å². The highest BCUT2D eigenvalue weighted by atomic mass is 79.9. The molecule has 0 saturated heterocycles. The SMILES string of the molecule is Cc1ccc2ccccc2c1C(N)c1ccc(Cl)c(Br)c1. The zero-order valence-corrected chi connectivity index (χ0v) is 13.9. The fraction of sp³-hybridized carbons (Fsp3) is 0.111. The summed E-state index contributed by atoms with van der Waals surface area (Å²) in [5.74, 6) is 0. The van der Waals surface area contributed by atoms with Gasteiger partial charge in [0, 0.05) is 4.47 Å². The van der Waals surface area contributed by atoms with Gasteiger partial charge in [-0.05, 0) is 62.4 Å². The number of hydrogen-bond donors (Lipinski definition) is 1. The molecule has 3 aromatic rings. The van der Waals surface area contributed by atoms with Crippen molar-refractivity contribution in [3.8, 4) is 0 Å². The van der Waals surface area contributed by atoms with Crippen LogP contribution in [-0.2, 0) is 0 Å². The van der Waals surface area contributed by atoms with E-state index in [-0.39, 0.29) is 6.04 Å². The number of fused-ring (bicyclic) bond motifs is 1. The third-order valence-corrected chi connectivity index (χ3v) is 5.02. The van der Waals surface area contributed by atoms with E-state index in [0.29, 0.717) is 5.02 Å². The van der Waals surface area contributed by atoms with E-state index >= 15 is 0 Å². The minimum Gasteiger partial charge on any atom is -0.320 e. The van der Waals surface area contributed by atoms with E-state index in [1.54, 1.807) is 0 Å². The lowest BCUT2D eigenvalue weighted by Gasteiger charge is -2.18. The maximum Gasteiger partial charge on any atom is 0.0560 e. The number of nitrogens with two attached hydrogens (primary N) is 1. The summed E-state index contributed by atoms with van der Waals surface area (Å²) in [6, 6.07) is 18.3. The van der Waals surface area contributed by atoms with Gasteiger partial charge in [-0.3, -0.25) is 0 Å². The van der Waals surface area contributed by atoms with E-state index in [1.165, 1.54) is 21.9 Å². The van der Waals surface area contributed by atoms with E-state index in [1.807, 2.05) is 24.3 Å². The first-order valence-electron chi connectivity index (χ1n) is 6.76. The van der Waals surface area contributed by atoms with Crippen molar-refractivity contribution in [1.29, 1.82) is 0 Å².